The molecule has 0 aliphatic carbocycles. The van der Waals surface area contributed by atoms with Crippen LogP contribution in [0.5, 0.6) is 0 Å². The Kier molecular flexibility index (Phi) is 3.17. The number of anilines is 1. The van der Waals surface area contributed by atoms with Crippen molar-refractivity contribution in [1.82, 2.24) is 4.98 Å². The Balaban J connectivity index is 3.56. The summed E-state index contributed by atoms with van der Waals surface area (Å²) in [7, 11) is 0. The number of halogens is 3. The number of hydrogen-bond acceptors (Lipinski definition) is 4. The second kappa shape index (κ2) is 4.19. The van der Waals surface area contributed by atoms with E-state index in [-0.39, 0.29) is 5.82 Å². The number of rotatable bonds is 2. The average molecular weight is 232 g/mol. The van der Waals surface area contributed by atoms with Crippen molar-refractivity contribution in [3.63, 3.8) is 0 Å². The highest BCUT2D eigenvalue weighted by Crippen LogP contribution is 2.27. The first-order valence-electron chi connectivity index (χ1n) is 3.66. The highest BCUT2D eigenvalue weighted by Gasteiger charge is 2.22. The molecule has 7 heteroatoms. The number of nitrogens with two attached hydrogens (primary N) is 1. The van der Waals surface area contributed by atoms with Gasteiger partial charge in [-0.1, -0.05) is 0 Å². The van der Waals surface area contributed by atoms with E-state index in [1.165, 1.54) is 6.07 Å². The van der Waals surface area contributed by atoms with Crippen LogP contribution < -0.4 is 5.73 Å². The van der Waals surface area contributed by atoms with Crippen LogP contribution in [0.15, 0.2) is 6.07 Å². The summed E-state index contributed by atoms with van der Waals surface area (Å²) in [4.78, 5) is 14.3. The summed E-state index contributed by atoms with van der Waals surface area (Å²) in [6.07, 6.45) is -2.94. The number of pyridine rings is 1. The van der Waals surface area contributed by atoms with Crippen LogP contribution in [-0.4, -0.2) is 10.2 Å². The smallest absolute Gasteiger partial charge is 0.264 e. The van der Waals surface area contributed by atoms with E-state index in [1.54, 1.807) is 0 Å². The van der Waals surface area contributed by atoms with E-state index < -0.39 is 28.5 Å². The topological polar surface area (TPSA) is 79.8 Å². The number of nitrogen functional groups attached to an aromatic ring is 1. The van der Waals surface area contributed by atoms with Gasteiger partial charge in [0, 0.05) is 5.56 Å². The number of carbonyl (C=O) groups is 1. The standard InChI is InChI=1S/C8H4ClF2N3O/c9-7(15)6-3(8(10)11)1-5(13)14-4(6)2-12/h1,8H,(H2,13,14). The SMILES string of the molecule is N#Cc1nc(N)cc(C(F)F)c1C(=O)Cl. The van der Waals surface area contributed by atoms with E-state index in [2.05, 4.69) is 4.98 Å². The molecule has 0 bridgehead atoms. The molecule has 1 aromatic rings. The number of aromatic nitrogens is 1. The number of nitrogens with zero attached hydrogens (tertiary/aromatic N) is 2. The average Bonchev–Trinajstić information content (AvgIpc) is 2.15. The molecule has 78 valence electrons. The third-order valence-electron chi connectivity index (χ3n) is 1.61. The molecular formula is C8H4ClF2N3O. The summed E-state index contributed by atoms with van der Waals surface area (Å²) in [5.74, 6) is -0.261. The molecular weight excluding hydrogens is 228 g/mol. The third-order valence-corrected chi connectivity index (χ3v) is 1.80. The van der Waals surface area contributed by atoms with E-state index in [4.69, 9.17) is 22.6 Å². The second-order valence-electron chi connectivity index (χ2n) is 2.55. The van der Waals surface area contributed by atoms with Gasteiger partial charge in [0.05, 0.1) is 5.56 Å². The van der Waals surface area contributed by atoms with Gasteiger partial charge in [-0.3, -0.25) is 4.79 Å². The summed E-state index contributed by atoms with van der Waals surface area (Å²) < 4.78 is 25.0. The quantitative estimate of drug-likeness (QED) is 0.788. The van der Waals surface area contributed by atoms with Gasteiger partial charge in [0.1, 0.15) is 11.9 Å². The summed E-state index contributed by atoms with van der Waals surface area (Å²) in [6.45, 7) is 0. The molecule has 0 aliphatic heterocycles. The van der Waals surface area contributed by atoms with Gasteiger partial charge in [-0.05, 0) is 17.7 Å². The molecule has 0 unspecified atom stereocenters. The van der Waals surface area contributed by atoms with Crippen LogP contribution in [0.4, 0.5) is 14.6 Å². The Morgan fingerprint density at radius 3 is 2.67 bits per heavy atom. The normalized spacial score (nSPS) is 10.1. The Morgan fingerprint density at radius 2 is 2.27 bits per heavy atom. The first kappa shape index (κ1) is 11.3. The van der Waals surface area contributed by atoms with Crippen LogP contribution in [0, 0.1) is 11.3 Å². The van der Waals surface area contributed by atoms with Crippen LogP contribution in [0.3, 0.4) is 0 Å². The fraction of sp³-hybridized carbons (Fsp3) is 0.125. The van der Waals surface area contributed by atoms with Crippen molar-refractivity contribution in [2.75, 3.05) is 5.73 Å². The van der Waals surface area contributed by atoms with Crippen molar-refractivity contribution in [2.45, 2.75) is 6.43 Å². The van der Waals surface area contributed by atoms with Crippen LogP contribution >= 0.6 is 11.6 Å². The number of hydrogen-bond donors (Lipinski definition) is 1. The maximum Gasteiger partial charge on any atom is 0.264 e. The summed E-state index contributed by atoms with van der Waals surface area (Å²) in [5.41, 5.74) is 3.42. The third kappa shape index (κ3) is 2.19. The minimum Gasteiger partial charge on any atom is -0.384 e. The van der Waals surface area contributed by atoms with Crippen LogP contribution in [0.1, 0.15) is 28.0 Å². The molecule has 0 saturated carbocycles. The van der Waals surface area contributed by atoms with Crippen LogP contribution in [0.2, 0.25) is 0 Å². The van der Waals surface area contributed by atoms with Gasteiger partial charge >= 0.3 is 0 Å². The molecule has 0 aromatic carbocycles. The van der Waals surface area contributed by atoms with Crippen molar-refractivity contribution in [3.8, 4) is 6.07 Å². The maximum atomic E-state index is 12.5. The molecule has 0 atom stereocenters. The van der Waals surface area contributed by atoms with E-state index in [0.717, 1.165) is 6.07 Å². The van der Waals surface area contributed by atoms with Crippen molar-refractivity contribution in [2.24, 2.45) is 0 Å². The predicted octanol–water partition coefficient (Wildman–Crippen LogP) is 1.85. The molecule has 0 radical (unpaired) electrons. The van der Waals surface area contributed by atoms with E-state index in [9.17, 15) is 13.6 Å². The number of alkyl halides is 2. The Morgan fingerprint density at radius 1 is 1.67 bits per heavy atom. The molecule has 0 fully saturated rings. The first-order chi connectivity index (χ1) is 6.97. The fourth-order valence-electron chi connectivity index (χ4n) is 1.05. The number of nitriles is 1. The largest absolute Gasteiger partial charge is 0.384 e. The van der Waals surface area contributed by atoms with Gasteiger partial charge in [-0.15, -0.1) is 0 Å². The Labute approximate surface area is 88.3 Å². The minimum absolute atomic E-state index is 0.261. The lowest BCUT2D eigenvalue weighted by molar-refractivity contribution is 0.106. The van der Waals surface area contributed by atoms with E-state index in [0.29, 0.717) is 0 Å². The summed E-state index contributed by atoms with van der Waals surface area (Å²) in [6, 6.07) is 2.30. The van der Waals surface area contributed by atoms with Crippen LogP contribution in [-0.2, 0) is 0 Å². The minimum atomic E-state index is -2.94. The molecule has 0 aliphatic rings. The van der Waals surface area contributed by atoms with Gasteiger partial charge in [-0.2, -0.15) is 5.26 Å². The van der Waals surface area contributed by atoms with Crippen molar-refractivity contribution in [3.05, 3.63) is 22.9 Å². The zero-order valence-electron chi connectivity index (χ0n) is 7.17. The lowest BCUT2D eigenvalue weighted by atomic mass is 10.1. The highest BCUT2D eigenvalue weighted by molar-refractivity contribution is 6.68. The summed E-state index contributed by atoms with van der Waals surface area (Å²) in [5, 5.41) is 7.42. The molecule has 2 N–H and O–H groups in total. The molecule has 0 spiro atoms. The van der Waals surface area contributed by atoms with Crippen LogP contribution in [0.25, 0.3) is 0 Å². The highest BCUT2D eigenvalue weighted by atomic mass is 35.5. The molecule has 1 aromatic heterocycles. The van der Waals surface area contributed by atoms with Gasteiger partial charge < -0.3 is 5.73 Å². The van der Waals surface area contributed by atoms with E-state index in [1.807, 2.05) is 0 Å². The Hall–Kier alpha value is -1.74. The molecule has 4 nitrogen and oxygen atoms in total. The fourth-order valence-corrected chi connectivity index (χ4v) is 1.24. The van der Waals surface area contributed by atoms with Crippen molar-refractivity contribution in [1.29, 1.82) is 5.26 Å². The molecule has 0 saturated heterocycles. The Bertz CT molecular complexity index is 456. The zero-order chi connectivity index (χ0) is 11.6. The van der Waals surface area contributed by atoms with Gasteiger partial charge in [0.2, 0.25) is 0 Å². The number of carbonyl (C=O) groups excluding carboxylic acids is 1. The zero-order valence-corrected chi connectivity index (χ0v) is 7.92. The lowest BCUT2D eigenvalue weighted by Gasteiger charge is -2.06. The second-order valence-corrected chi connectivity index (χ2v) is 2.89. The molecule has 0 amide bonds. The predicted molar refractivity (Wildman–Crippen MR) is 48.5 cm³/mol. The lowest BCUT2D eigenvalue weighted by Crippen LogP contribution is -2.07. The van der Waals surface area contributed by atoms with Gasteiger partial charge in [-0.25, -0.2) is 13.8 Å². The van der Waals surface area contributed by atoms with E-state index >= 15 is 0 Å². The van der Waals surface area contributed by atoms with Crippen molar-refractivity contribution < 1.29 is 13.6 Å². The first-order valence-corrected chi connectivity index (χ1v) is 4.03. The summed E-state index contributed by atoms with van der Waals surface area (Å²) >= 11 is 5.08. The molecule has 1 rings (SSSR count). The van der Waals surface area contributed by atoms with Crippen molar-refractivity contribution >= 4 is 22.7 Å². The van der Waals surface area contributed by atoms with Gasteiger partial charge in [0.15, 0.2) is 5.69 Å². The van der Waals surface area contributed by atoms with Gasteiger partial charge in [0.25, 0.3) is 11.7 Å². The maximum absolute atomic E-state index is 12.5. The molecule has 15 heavy (non-hydrogen) atoms. The molecule has 1 heterocycles. The monoisotopic (exact) mass is 231 g/mol.